The standard InChI is InChI=1S/C17H16O3/c1-19-11-12-5-4-7-14(9-12)17(18)16-10-13-6-2-3-8-15(13)20-16/h2-10,17-18H,11H2,1H3. The molecule has 20 heavy (non-hydrogen) atoms. The van der Waals surface area contributed by atoms with Crippen molar-refractivity contribution in [2.75, 3.05) is 7.11 Å². The van der Waals surface area contributed by atoms with Crippen LogP contribution < -0.4 is 0 Å². The van der Waals surface area contributed by atoms with Gasteiger partial charge in [0.1, 0.15) is 17.4 Å². The Balaban J connectivity index is 1.94. The number of para-hydroxylation sites is 1. The second-order valence-corrected chi connectivity index (χ2v) is 4.77. The fourth-order valence-corrected chi connectivity index (χ4v) is 2.32. The molecule has 0 saturated heterocycles. The van der Waals surface area contributed by atoms with Crippen molar-refractivity contribution in [1.82, 2.24) is 0 Å². The van der Waals surface area contributed by atoms with Crippen LogP contribution in [0.1, 0.15) is 23.0 Å². The van der Waals surface area contributed by atoms with Crippen molar-refractivity contribution in [1.29, 1.82) is 0 Å². The highest BCUT2D eigenvalue weighted by atomic mass is 16.5. The number of methoxy groups -OCH3 is 1. The minimum Gasteiger partial charge on any atom is -0.458 e. The Bertz CT molecular complexity index is 682. The molecular weight excluding hydrogens is 252 g/mol. The fraction of sp³-hybridized carbons (Fsp3) is 0.176. The van der Waals surface area contributed by atoms with Gasteiger partial charge in [-0.3, -0.25) is 0 Å². The summed E-state index contributed by atoms with van der Waals surface area (Å²) in [6, 6.07) is 17.3. The van der Waals surface area contributed by atoms with Crippen LogP contribution in [0.15, 0.2) is 59.0 Å². The molecule has 2 aromatic carbocycles. The normalized spacial score (nSPS) is 12.7. The van der Waals surface area contributed by atoms with Crippen molar-refractivity contribution in [3.63, 3.8) is 0 Å². The highest BCUT2D eigenvalue weighted by Crippen LogP contribution is 2.28. The van der Waals surface area contributed by atoms with E-state index in [-0.39, 0.29) is 0 Å². The molecule has 3 rings (SSSR count). The van der Waals surface area contributed by atoms with E-state index in [1.54, 1.807) is 7.11 Å². The average Bonchev–Trinajstić information content (AvgIpc) is 2.91. The minimum atomic E-state index is -0.765. The molecule has 3 aromatic rings. The van der Waals surface area contributed by atoms with Crippen molar-refractivity contribution in [2.24, 2.45) is 0 Å². The number of hydrogen-bond donors (Lipinski definition) is 1. The van der Waals surface area contributed by atoms with Crippen LogP contribution in [0.2, 0.25) is 0 Å². The molecule has 0 bridgehead atoms. The van der Waals surface area contributed by atoms with E-state index in [1.807, 2.05) is 54.6 Å². The molecule has 0 amide bonds. The third-order valence-electron chi connectivity index (χ3n) is 3.29. The Kier molecular flexibility index (Phi) is 3.54. The van der Waals surface area contributed by atoms with E-state index in [4.69, 9.17) is 9.15 Å². The Labute approximate surface area is 117 Å². The molecule has 1 N–H and O–H groups in total. The van der Waals surface area contributed by atoms with Gasteiger partial charge in [-0.15, -0.1) is 0 Å². The van der Waals surface area contributed by atoms with Crippen molar-refractivity contribution in [2.45, 2.75) is 12.7 Å². The highest BCUT2D eigenvalue weighted by molar-refractivity contribution is 5.77. The van der Waals surface area contributed by atoms with E-state index in [2.05, 4.69) is 0 Å². The molecule has 1 aromatic heterocycles. The van der Waals surface area contributed by atoms with Gasteiger partial charge in [0.2, 0.25) is 0 Å². The predicted molar refractivity (Wildman–Crippen MR) is 77.4 cm³/mol. The van der Waals surface area contributed by atoms with Gasteiger partial charge in [-0.2, -0.15) is 0 Å². The summed E-state index contributed by atoms with van der Waals surface area (Å²) < 4.78 is 10.8. The molecule has 1 atom stereocenters. The van der Waals surface area contributed by atoms with Gasteiger partial charge >= 0.3 is 0 Å². The van der Waals surface area contributed by atoms with E-state index < -0.39 is 6.10 Å². The molecule has 1 unspecified atom stereocenters. The molecule has 0 aliphatic rings. The maximum atomic E-state index is 10.5. The van der Waals surface area contributed by atoms with Crippen LogP contribution in [0.4, 0.5) is 0 Å². The van der Waals surface area contributed by atoms with Crippen LogP contribution in [0.3, 0.4) is 0 Å². The second kappa shape index (κ2) is 5.49. The maximum absolute atomic E-state index is 10.5. The maximum Gasteiger partial charge on any atom is 0.138 e. The SMILES string of the molecule is COCc1cccc(C(O)c2cc3ccccc3o2)c1. The summed E-state index contributed by atoms with van der Waals surface area (Å²) in [4.78, 5) is 0. The van der Waals surface area contributed by atoms with E-state index in [9.17, 15) is 5.11 Å². The monoisotopic (exact) mass is 268 g/mol. The lowest BCUT2D eigenvalue weighted by Gasteiger charge is -2.09. The van der Waals surface area contributed by atoms with Gasteiger partial charge in [0.25, 0.3) is 0 Å². The quantitative estimate of drug-likeness (QED) is 0.785. The van der Waals surface area contributed by atoms with Gasteiger partial charge in [-0.05, 0) is 23.3 Å². The predicted octanol–water partition coefficient (Wildman–Crippen LogP) is 3.66. The Morgan fingerprint density at radius 1 is 1.10 bits per heavy atom. The first-order chi connectivity index (χ1) is 9.78. The Hall–Kier alpha value is -2.10. The van der Waals surface area contributed by atoms with E-state index in [0.717, 1.165) is 22.1 Å². The van der Waals surface area contributed by atoms with Crippen LogP contribution in [0.5, 0.6) is 0 Å². The lowest BCUT2D eigenvalue weighted by Crippen LogP contribution is -1.99. The Morgan fingerprint density at radius 3 is 2.75 bits per heavy atom. The molecule has 3 heteroatoms. The van der Waals surface area contributed by atoms with Crippen LogP contribution in [-0.2, 0) is 11.3 Å². The molecule has 0 radical (unpaired) electrons. The molecule has 0 saturated carbocycles. The Morgan fingerprint density at radius 2 is 1.95 bits per heavy atom. The summed E-state index contributed by atoms with van der Waals surface area (Å²) in [6.07, 6.45) is -0.765. The third-order valence-corrected chi connectivity index (χ3v) is 3.29. The first kappa shape index (κ1) is 12.9. The molecule has 102 valence electrons. The highest BCUT2D eigenvalue weighted by Gasteiger charge is 2.15. The number of hydrogen-bond acceptors (Lipinski definition) is 3. The zero-order valence-electron chi connectivity index (χ0n) is 11.2. The van der Waals surface area contributed by atoms with Crippen molar-refractivity contribution >= 4 is 11.0 Å². The topological polar surface area (TPSA) is 42.6 Å². The number of fused-ring (bicyclic) bond motifs is 1. The van der Waals surface area contributed by atoms with Gasteiger partial charge in [-0.1, -0.05) is 42.5 Å². The van der Waals surface area contributed by atoms with E-state index in [1.165, 1.54) is 0 Å². The molecule has 1 heterocycles. The smallest absolute Gasteiger partial charge is 0.138 e. The summed E-state index contributed by atoms with van der Waals surface area (Å²) >= 11 is 0. The van der Waals surface area contributed by atoms with E-state index in [0.29, 0.717) is 12.4 Å². The first-order valence-electron chi connectivity index (χ1n) is 6.52. The molecule has 3 nitrogen and oxygen atoms in total. The van der Waals surface area contributed by atoms with Crippen LogP contribution in [0, 0.1) is 0 Å². The number of furan rings is 1. The van der Waals surface area contributed by atoms with Crippen molar-refractivity contribution in [3.8, 4) is 0 Å². The number of aliphatic hydroxyl groups is 1. The third kappa shape index (κ3) is 2.46. The van der Waals surface area contributed by atoms with Gasteiger partial charge in [0.15, 0.2) is 0 Å². The van der Waals surface area contributed by atoms with Gasteiger partial charge in [-0.25, -0.2) is 0 Å². The first-order valence-corrected chi connectivity index (χ1v) is 6.52. The lowest BCUT2D eigenvalue weighted by atomic mass is 10.0. The summed E-state index contributed by atoms with van der Waals surface area (Å²) in [5.41, 5.74) is 2.62. The zero-order chi connectivity index (χ0) is 13.9. The molecule has 0 fully saturated rings. The van der Waals surface area contributed by atoms with Crippen molar-refractivity contribution in [3.05, 3.63) is 71.5 Å². The fourth-order valence-electron chi connectivity index (χ4n) is 2.32. The summed E-state index contributed by atoms with van der Waals surface area (Å²) in [6.45, 7) is 0.528. The molecule has 0 spiro atoms. The van der Waals surface area contributed by atoms with Crippen LogP contribution in [-0.4, -0.2) is 12.2 Å². The lowest BCUT2D eigenvalue weighted by molar-refractivity contribution is 0.182. The van der Waals surface area contributed by atoms with Crippen LogP contribution >= 0.6 is 0 Å². The number of benzene rings is 2. The largest absolute Gasteiger partial charge is 0.458 e. The number of rotatable bonds is 4. The number of aliphatic hydroxyl groups excluding tert-OH is 1. The summed E-state index contributed by atoms with van der Waals surface area (Å²) in [5.74, 6) is 0.556. The average molecular weight is 268 g/mol. The van der Waals surface area contributed by atoms with Gasteiger partial charge in [0, 0.05) is 12.5 Å². The molecular formula is C17H16O3. The summed E-state index contributed by atoms with van der Waals surface area (Å²) in [5, 5.41) is 11.4. The van der Waals surface area contributed by atoms with Gasteiger partial charge in [0.05, 0.1) is 6.61 Å². The molecule has 0 aliphatic carbocycles. The zero-order valence-corrected chi connectivity index (χ0v) is 11.2. The van der Waals surface area contributed by atoms with Crippen LogP contribution in [0.25, 0.3) is 11.0 Å². The second-order valence-electron chi connectivity index (χ2n) is 4.77. The van der Waals surface area contributed by atoms with E-state index >= 15 is 0 Å². The van der Waals surface area contributed by atoms with Gasteiger partial charge < -0.3 is 14.3 Å². The molecule has 0 aliphatic heterocycles. The minimum absolute atomic E-state index is 0.528. The van der Waals surface area contributed by atoms with Crippen molar-refractivity contribution < 1.29 is 14.3 Å². The number of ether oxygens (including phenoxy) is 1. The summed E-state index contributed by atoms with van der Waals surface area (Å²) in [7, 11) is 1.66.